The SMILES string of the molecule is O=C(COc1ccc(Cl)c2ccccc12)OCC(=O)N1CCOCC1. The van der Waals surface area contributed by atoms with Gasteiger partial charge in [0.05, 0.1) is 13.2 Å². The zero-order chi connectivity index (χ0) is 17.6. The van der Waals surface area contributed by atoms with Gasteiger partial charge < -0.3 is 19.1 Å². The molecule has 1 heterocycles. The van der Waals surface area contributed by atoms with Crippen LogP contribution in [0.3, 0.4) is 0 Å². The third-order valence-electron chi connectivity index (χ3n) is 3.90. The molecular formula is C18H18ClNO5. The van der Waals surface area contributed by atoms with E-state index in [1.165, 1.54) is 0 Å². The predicted molar refractivity (Wildman–Crippen MR) is 92.8 cm³/mol. The zero-order valence-electron chi connectivity index (χ0n) is 13.6. The highest BCUT2D eigenvalue weighted by atomic mass is 35.5. The number of carbonyl (C=O) groups is 2. The van der Waals surface area contributed by atoms with Crippen molar-refractivity contribution in [3.05, 3.63) is 41.4 Å². The number of hydrogen-bond donors (Lipinski definition) is 0. The summed E-state index contributed by atoms with van der Waals surface area (Å²) in [6.07, 6.45) is 0. The fourth-order valence-corrected chi connectivity index (χ4v) is 2.81. The van der Waals surface area contributed by atoms with Gasteiger partial charge in [-0.05, 0) is 12.1 Å². The Kier molecular flexibility index (Phi) is 5.73. The minimum absolute atomic E-state index is 0.228. The average Bonchev–Trinajstić information content (AvgIpc) is 2.66. The molecule has 0 saturated carbocycles. The van der Waals surface area contributed by atoms with Gasteiger partial charge in [-0.15, -0.1) is 0 Å². The van der Waals surface area contributed by atoms with Gasteiger partial charge in [-0.1, -0.05) is 35.9 Å². The minimum Gasteiger partial charge on any atom is -0.481 e. The maximum Gasteiger partial charge on any atom is 0.344 e. The molecule has 1 fully saturated rings. The van der Waals surface area contributed by atoms with E-state index in [0.29, 0.717) is 37.1 Å². The van der Waals surface area contributed by atoms with Crippen molar-refractivity contribution < 1.29 is 23.8 Å². The van der Waals surface area contributed by atoms with Crippen molar-refractivity contribution in [3.8, 4) is 5.75 Å². The Balaban J connectivity index is 1.52. The summed E-state index contributed by atoms with van der Waals surface area (Å²) in [4.78, 5) is 25.4. The lowest BCUT2D eigenvalue weighted by molar-refractivity contribution is -0.155. The molecular weight excluding hydrogens is 346 g/mol. The molecule has 0 radical (unpaired) electrons. The molecule has 132 valence electrons. The van der Waals surface area contributed by atoms with Crippen LogP contribution in [-0.2, 0) is 19.1 Å². The second-order valence-electron chi connectivity index (χ2n) is 5.53. The van der Waals surface area contributed by atoms with Crippen LogP contribution in [0.15, 0.2) is 36.4 Å². The summed E-state index contributed by atoms with van der Waals surface area (Å²) in [5.41, 5.74) is 0. The summed E-state index contributed by atoms with van der Waals surface area (Å²) in [6, 6.07) is 10.9. The molecule has 1 aliphatic rings. The van der Waals surface area contributed by atoms with Crippen molar-refractivity contribution in [2.75, 3.05) is 39.5 Å². The fraction of sp³-hybridized carbons (Fsp3) is 0.333. The summed E-state index contributed by atoms with van der Waals surface area (Å²) in [5, 5.41) is 2.27. The third-order valence-corrected chi connectivity index (χ3v) is 4.23. The molecule has 7 heteroatoms. The van der Waals surface area contributed by atoms with Gasteiger partial charge in [-0.25, -0.2) is 4.79 Å². The molecule has 25 heavy (non-hydrogen) atoms. The van der Waals surface area contributed by atoms with E-state index in [1.54, 1.807) is 17.0 Å². The largest absolute Gasteiger partial charge is 0.481 e. The highest BCUT2D eigenvalue weighted by molar-refractivity contribution is 6.35. The van der Waals surface area contributed by atoms with E-state index >= 15 is 0 Å². The standard InChI is InChI=1S/C18H18ClNO5/c19-15-5-6-16(14-4-2-1-3-13(14)15)24-12-18(22)25-11-17(21)20-7-9-23-10-8-20/h1-6H,7-12H2. The van der Waals surface area contributed by atoms with Crippen molar-refractivity contribution in [1.82, 2.24) is 4.90 Å². The van der Waals surface area contributed by atoms with Crippen LogP contribution in [0.25, 0.3) is 10.8 Å². The van der Waals surface area contributed by atoms with E-state index < -0.39 is 5.97 Å². The maximum absolute atomic E-state index is 11.9. The normalized spacial score (nSPS) is 14.4. The molecule has 1 aliphatic heterocycles. The van der Waals surface area contributed by atoms with E-state index in [1.807, 2.05) is 24.3 Å². The molecule has 0 bridgehead atoms. The van der Waals surface area contributed by atoms with Crippen LogP contribution in [-0.4, -0.2) is 56.3 Å². The van der Waals surface area contributed by atoms with Gasteiger partial charge in [0.2, 0.25) is 0 Å². The average molecular weight is 364 g/mol. The summed E-state index contributed by atoms with van der Waals surface area (Å²) in [5.74, 6) is -0.286. The first-order valence-corrected chi connectivity index (χ1v) is 8.34. The first-order chi connectivity index (χ1) is 12.1. The van der Waals surface area contributed by atoms with Gasteiger partial charge in [0.1, 0.15) is 5.75 Å². The Labute approximate surface area is 150 Å². The fourth-order valence-electron chi connectivity index (χ4n) is 2.59. The number of hydrogen-bond acceptors (Lipinski definition) is 5. The lowest BCUT2D eigenvalue weighted by atomic mass is 10.1. The van der Waals surface area contributed by atoms with Crippen molar-refractivity contribution in [1.29, 1.82) is 0 Å². The number of carbonyl (C=O) groups excluding carboxylic acids is 2. The van der Waals surface area contributed by atoms with Crippen LogP contribution in [0.4, 0.5) is 0 Å². The highest BCUT2D eigenvalue weighted by Gasteiger charge is 2.18. The van der Waals surface area contributed by atoms with E-state index in [0.717, 1.165) is 10.8 Å². The predicted octanol–water partition coefficient (Wildman–Crippen LogP) is 2.27. The molecule has 0 spiro atoms. The van der Waals surface area contributed by atoms with Crippen LogP contribution < -0.4 is 4.74 Å². The number of esters is 1. The Bertz CT molecular complexity index is 773. The molecule has 6 nitrogen and oxygen atoms in total. The monoisotopic (exact) mass is 363 g/mol. The molecule has 0 atom stereocenters. The number of fused-ring (bicyclic) bond motifs is 1. The zero-order valence-corrected chi connectivity index (χ0v) is 14.3. The Morgan fingerprint density at radius 1 is 1.04 bits per heavy atom. The van der Waals surface area contributed by atoms with E-state index in [2.05, 4.69) is 0 Å². The molecule has 1 amide bonds. The van der Waals surface area contributed by atoms with Crippen molar-refractivity contribution in [2.45, 2.75) is 0 Å². The number of halogens is 1. The van der Waals surface area contributed by atoms with Crippen LogP contribution >= 0.6 is 11.6 Å². The Morgan fingerprint density at radius 2 is 1.76 bits per heavy atom. The Morgan fingerprint density at radius 3 is 2.52 bits per heavy atom. The van der Waals surface area contributed by atoms with Crippen molar-refractivity contribution >= 4 is 34.2 Å². The molecule has 0 aromatic heterocycles. The summed E-state index contributed by atoms with van der Waals surface area (Å²) < 4.78 is 15.7. The molecule has 2 aromatic rings. The van der Waals surface area contributed by atoms with Gasteiger partial charge >= 0.3 is 5.97 Å². The number of rotatable bonds is 5. The van der Waals surface area contributed by atoms with Crippen molar-refractivity contribution in [3.63, 3.8) is 0 Å². The number of amides is 1. The van der Waals surface area contributed by atoms with Crippen LogP contribution in [0.2, 0.25) is 5.02 Å². The lowest BCUT2D eigenvalue weighted by Gasteiger charge is -2.26. The molecule has 2 aromatic carbocycles. The topological polar surface area (TPSA) is 65.1 Å². The third kappa shape index (κ3) is 4.41. The quantitative estimate of drug-likeness (QED) is 0.762. The first-order valence-electron chi connectivity index (χ1n) is 7.96. The molecule has 1 saturated heterocycles. The lowest BCUT2D eigenvalue weighted by Crippen LogP contribution is -2.42. The minimum atomic E-state index is -0.597. The smallest absolute Gasteiger partial charge is 0.344 e. The van der Waals surface area contributed by atoms with Crippen molar-refractivity contribution in [2.24, 2.45) is 0 Å². The molecule has 3 rings (SSSR count). The van der Waals surface area contributed by atoms with Gasteiger partial charge in [0.25, 0.3) is 5.91 Å². The molecule has 0 unspecified atom stereocenters. The summed E-state index contributed by atoms with van der Waals surface area (Å²) >= 11 is 6.15. The van der Waals surface area contributed by atoms with Crippen LogP contribution in [0.5, 0.6) is 5.75 Å². The Hall–Kier alpha value is -2.31. The summed E-state index contributed by atoms with van der Waals surface area (Å²) in [6.45, 7) is 1.48. The number of morpholine rings is 1. The highest BCUT2D eigenvalue weighted by Crippen LogP contribution is 2.31. The van der Waals surface area contributed by atoms with Gasteiger partial charge in [0, 0.05) is 28.9 Å². The van der Waals surface area contributed by atoms with Gasteiger partial charge in [0.15, 0.2) is 13.2 Å². The maximum atomic E-state index is 11.9. The second-order valence-corrected chi connectivity index (χ2v) is 5.94. The first kappa shape index (κ1) is 17.5. The number of benzene rings is 2. The number of ether oxygens (including phenoxy) is 3. The van der Waals surface area contributed by atoms with Gasteiger partial charge in [-0.2, -0.15) is 0 Å². The van der Waals surface area contributed by atoms with E-state index in [-0.39, 0.29) is 19.1 Å². The van der Waals surface area contributed by atoms with Crippen LogP contribution in [0.1, 0.15) is 0 Å². The molecule has 0 aliphatic carbocycles. The summed E-state index contributed by atoms with van der Waals surface area (Å²) in [7, 11) is 0. The van der Waals surface area contributed by atoms with Crippen LogP contribution in [0, 0.1) is 0 Å². The van der Waals surface area contributed by atoms with E-state index in [4.69, 9.17) is 25.8 Å². The van der Waals surface area contributed by atoms with E-state index in [9.17, 15) is 9.59 Å². The second kappa shape index (κ2) is 8.18. The number of nitrogens with zero attached hydrogens (tertiary/aromatic N) is 1. The van der Waals surface area contributed by atoms with Gasteiger partial charge in [-0.3, -0.25) is 4.79 Å². The molecule has 0 N–H and O–H groups in total.